The summed E-state index contributed by atoms with van der Waals surface area (Å²) in [6.45, 7) is 5.47. The van der Waals surface area contributed by atoms with E-state index >= 15 is 0 Å². The summed E-state index contributed by atoms with van der Waals surface area (Å²) in [5.74, 6) is -0.255. The van der Waals surface area contributed by atoms with Crippen LogP contribution in [0.5, 0.6) is 0 Å². The van der Waals surface area contributed by atoms with Crippen molar-refractivity contribution >= 4 is 38.5 Å². The van der Waals surface area contributed by atoms with Gasteiger partial charge in [0, 0.05) is 38.8 Å². The van der Waals surface area contributed by atoms with Gasteiger partial charge in [0.2, 0.25) is 0 Å². The number of amides is 2. The number of fused-ring (bicyclic) bond motifs is 1. The zero-order chi connectivity index (χ0) is 22.8. The molecule has 3 aromatic rings. The SMILES string of the molecule is Cc1cc2nc(NC(=O)N3CCN(c4ncc(C[C@@H](O)CO)cc4F)CC3)sc2cc1C. The van der Waals surface area contributed by atoms with Crippen LogP contribution in [0.15, 0.2) is 24.4 Å². The van der Waals surface area contributed by atoms with E-state index in [2.05, 4.69) is 28.3 Å². The number of aliphatic hydroxyl groups excluding tert-OH is 2. The number of hydrogen-bond acceptors (Lipinski definition) is 7. The maximum atomic E-state index is 14.5. The number of thiazole rings is 1. The van der Waals surface area contributed by atoms with Gasteiger partial charge in [0.15, 0.2) is 16.8 Å². The van der Waals surface area contributed by atoms with Crippen LogP contribution in [0.3, 0.4) is 0 Å². The molecule has 0 spiro atoms. The lowest BCUT2D eigenvalue weighted by atomic mass is 10.1. The average Bonchev–Trinajstić information content (AvgIpc) is 3.15. The quantitative estimate of drug-likeness (QED) is 0.542. The number of nitrogens with one attached hydrogen (secondary N) is 1. The van der Waals surface area contributed by atoms with Crippen LogP contribution in [-0.4, -0.2) is 70.0 Å². The second kappa shape index (κ2) is 9.35. The minimum atomic E-state index is -0.937. The number of aromatic nitrogens is 2. The number of nitrogens with zero attached hydrogens (tertiary/aromatic N) is 4. The van der Waals surface area contributed by atoms with Gasteiger partial charge in [-0.05, 0) is 48.7 Å². The predicted octanol–water partition coefficient (Wildman–Crippen LogP) is 2.70. The van der Waals surface area contributed by atoms with E-state index in [0.717, 1.165) is 15.8 Å². The first kappa shape index (κ1) is 22.4. The smallest absolute Gasteiger partial charge is 0.323 e. The van der Waals surface area contributed by atoms with E-state index in [9.17, 15) is 14.3 Å². The van der Waals surface area contributed by atoms with Crippen LogP contribution in [0.25, 0.3) is 10.2 Å². The number of anilines is 2. The number of aliphatic hydroxyl groups is 2. The standard InChI is InChI=1S/C22H26FN5O3S/c1-13-7-18-19(8-14(13)2)32-21(25-18)26-22(31)28-5-3-27(4-6-28)20-17(23)10-15(11-24-20)9-16(30)12-29/h7-8,10-11,16,29-30H,3-6,9,12H2,1-2H3,(H,25,26,31)/t16-/m1/s1. The first-order valence-corrected chi connectivity index (χ1v) is 11.3. The maximum absolute atomic E-state index is 14.5. The van der Waals surface area contributed by atoms with Crippen molar-refractivity contribution in [2.24, 2.45) is 0 Å². The molecule has 10 heteroatoms. The Bertz CT molecular complexity index is 1090. The normalized spacial score (nSPS) is 15.3. The fraction of sp³-hybridized carbons (Fsp3) is 0.409. The Hall–Kier alpha value is -2.82. The van der Waals surface area contributed by atoms with E-state index in [4.69, 9.17) is 5.11 Å². The van der Waals surface area contributed by atoms with Gasteiger partial charge in [0.1, 0.15) is 0 Å². The number of carbonyl (C=O) groups is 1. The molecule has 1 aromatic carbocycles. The fourth-order valence-corrected chi connectivity index (χ4v) is 4.61. The number of pyridine rings is 1. The summed E-state index contributed by atoms with van der Waals surface area (Å²) in [5.41, 5.74) is 3.74. The first-order valence-electron chi connectivity index (χ1n) is 10.5. The summed E-state index contributed by atoms with van der Waals surface area (Å²) in [7, 11) is 0. The van der Waals surface area contributed by atoms with E-state index in [1.165, 1.54) is 29.2 Å². The zero-order valence-corrected chi connectivity index (χ0v) is 18.8. The van der Waals surface area contributed by atoms with Crippen LogP contribution in [0.2, 0.25) is 0 Å². The molecule has 1 saturated heterocycles. The molecule has 0 bridgehead atoms. The van der Waals surface area contributed by atoms with Crippen molar-refractivity contribution in [1.29, 1.82) is 0 Å². The van der Waals surface area contributed by atoms with Crippen molar-refractivity contribution in [2.45, 2.75) is 26.4 Å². The van der Waals surface area contributed by atoms with Gasteiger partial charge >= 0.3 is 6.03 Å². The topological polar surface area (TPSA) is 102 Å². The van der Waals surface area contributed by atoms with Crippen LogP contribution < -0.4 is 10.2 Å². The molecule has 0 saturated carbocycles. The van der Waals surface area contributed by atoms with Crippen molar-refractivity contribution in [3.05, 3.63) is 46.9 Å². The van der Waals surface area contributed by atoms with Crippen molar-refractivity contribution in [3.8, 4) is 0 Å². The molecule has 3 N–H and O–H groups in total. The number of piperazine rings is 1. The molecule has 2 amide bonds. The van der Waals surface area contributed by atoms with Crippen LogP contribution in [0, 0.1) is 19.7 Å². The van der Waals surface area contributed by atoms with Crippen molar-refractivity contribution in [3.63, 3.8) is 0 Å². The summed E-state index contributed by atoms with van der Waals surface area (Å²) in [5, 5.41) is 21.9. The number of rotatable bonds is 5. The molecule has 1 aliphatic rings. The number of benzene rings is 1. The molecule has 1 atom stereocenters. The Kier molecular flexibility index (Phi) is 6.54. The number of hydrogen-bond donors (Lipinski definition) is 3. The van der Waals surface area contributed by atoms with Gasteiger partial charge in [0.25, 0.3) is 0 Å². The van der Waals surface area contributed by atoms with Gasteiger partial charge in [-0.1, -0.05) is 11.3 Å². The van der Waals surface area contributed by atoms with Gasteiger partial charge in [-0.25, -0.2) is 19.2 Å². The Morgan fingerprint density at radius 2 is 1.94 bits per heavy atom. The Balaban J connectivity index is 1.36. The number of urea groups is 1. The lowest BCUT2D eigenvalue weighted by Crippen LogP contribution is -2.50. The Labute approximate surface area is 189 Å². The molecule has 1 aliphatic heterocycles. The zero-order valence-electron chi connectivity index (χ0n) is 18.0. The van der Waals surface area contributed by atoms with Gasteiger partial charge in [0.05, 0.1) is 22.9 Å². The lowest BCUT2D eigenvalue weighted by Gasteiger charge is -2.35. The average molecular weight is 460 g/mol. The highest BCUT2D eigenvalue weighted by Crippen LogP contribution is 2.28. The summed E-state index contributed by atoms with van der Waals surface area (Å²) in [6.07, 6.45) is 0.708. The molecule has 0 aliphatic carbocycles. The second-order valence-corrected chi connectivity index (χ2v) is 9.05. The number of halogens is 1. The molecule has 4 rings (SSSR count). The molecule has 0 unspecified atom stereocenters. The summed E-state index contributed by atoms with van der Waals surface area (Å²) < 4.78 is 15.6. The number of aryl methyl sites for hydroxylation is 2. The van der Waals surface area contributed by atoms with Gasteiger partial charge in [-0.2, -0.15) is 0 Å². The molecule has 1 fully saturated rings. The Morgan fingerprint density at radius 3 is 2.62 bits per heavy atom. The van der Waals surface area contributed by atoms with Gasteiger partial charge in [-0.15, -0.1) is 0 Å². The van der Waals surface area contributed by atoms with E-state index in [-0.39, 0.29) is 24.9 Å². The molecule has 8 nitrogen and oxygen atoms in total. The summed E-state index contributed by atoms with van der Waals surface area (Å²) in [6, 6.07) is 5.21. The van der Waals surface area contributed by atoms with Crippen molar-refractivity contribution < 1.29 is 19.4 Å². The van der Waals surface area contributed by atoms with E-state index in [1.54, 1.807) is 9.80 Å². The van der Waals surface area contributed by atoms with Gasteiger partial charge < -0.3 is 20.0 Å². The first-order chi connectivity index (χ1) is 15.3. The molecule has 2 aromatic heterocycles. The highest BCUT2D eigenvalue weighted by molar-refractivity contribution is 7.22. The van der Waals surface area contributed by atoms with Crippen molar-refractivity contribution in [1.82, 2.24) is 14.9 Å². The summed E-state index contributed by atoms with van der Waals surface area (Å²) in [4.78, 5) is 24.9. The third kappa shape index (κ3) is 4.82. The van der Waals surface area contributed by atoms with Crippen molar-refractivity contribution in [2.75, 3.05) is 43.0 Å². The van der Waals surface area contributed by atoms with Crippen LogP contribution in [0.1, 0.15) is 16.7 Å². The van der Waals surface area contributed by atoms with Crippen LogP contribution >= 0.6 is 11.3 Å². The molecule has 32 heavy (non-hydrogen) atoms. The van der Waals surface area contributed by atoms with Gasteiger partial charge in [-0.3, -0.25) is 5.32 Å². The van der Waals surface area contributed by atoms with E-state index < -0.39 is 11.9 Å². The molecular formula is C22H26FN5O3S. The minimum Gasteiger partial charge on any atom is -0.394 e. The third-order valence-electron chi connectivity index (χ3n) is 5.64. The maximum Gasteiger partial charge on any atom is 0.323 e. The highest BCUT2D eigenvalue weighted by Gasteiger charge is 2.24. The minimum absolute atomic E-state index is 0.138. The lowest BCUT2D eigenvalue weighted by molar-refractivity contribution is 0.0954. The largest absolute Gasteiger partial charge is 0.394 e. The van der Waals surface area contributed by atoms with Crippen LogP contribution in [-0.2, 0) is 6.42 Å². The van der Waals surface area contributed by atoms with Crippen LogP contribution in [0.4, 0.5) is 20.1 Å². The van der Waals surface area contributed by atoms with E-state index in [1.807, 2.05) is 13.0 Å². The monoisotopic (exact) mass is 459 g/mol. The number of carbonyl (C=O) groups excluding carboxylic acids is 1. The molecule has 170 valence electrons. The highest BCUT2D eigenvalue weighted by atomic mass is 32.1. The molecule has 0 radical (unpaired) electrons. The third-order valence-corrected chi connectivity index (χ3v) is 6.58. The molecule has 3 heterocycles. The predicted molar refractivity (Wildman–Crippen MR) is 123 cm³/mol. The Morgan fingerprint density at radius 1 is 1.22 bits per heavy atom. The second-order valence-electron chi connectivity index (χ2n) is 8.02. The van der Waals surface area contributed by atoms with E-state index in [0.29, 0.717) is 36.9 Å². The summed E-state index contributed by atoms with van der Waals surface area (Å²) >= 11 is 1.45. The fourth-order valence-electron chi connectivity index (χ4n) is 3.68. The molecular weight excluding hydrogens is 433 g/mol.